The number of amides is 1. The van der Waals surface area contributed by atoms with Crippen LogP contribution in [0.25, 0.3) is 11.1 Å². The summed E-state index contributed by atoms with van der Waals surface area (Å²) in [5.41, 5.74) is 2.91. The minimum Gasteiger partial charge on any atom is -0.368 e. The predicted molar refractivity (Wildman–Crippen MR) is 106 cm³/mol. The zero-order valence-electron chi connectivity index (χ0n) is 15.3. The monoisotopic (exact) mass is 385 g/mol. The molecule has 0 N–H and O–H groups in total. The van der Waals surface area contributed by atoms with E-state index in [0.717, 1.165) is 29.9 Å². The van der Waals surface area contributed by atoms with Gasteiger partial charge in [0.05, 0.1) is 25.4 Å². The van der Waals surface area contributed by atoms with Crippen molar-refractivity contribution in [3.63, 3.8) is 0 Å². The number of aromatic nitrogens is 1. The SMILES string of the molecule is O=C(CN1CCCC1)N1CCOC(c2ccc(-c3cccc(Cl)c3)cn2)C1. The highest BCUT2D eigenvalue weighted by molar-refractivity contribution is 6.30. The van der Waals surface area contributed by atoms with E-state index in [0.29, 0.717) is 31.3 Å². The largest absolute Gasteiger partial charge is 0.368 e. The Morgan fingerprint density at radius 2 is 2.00 bits per heavy atom. The number of hydrogen-bond acceptors (Lipinski definition) is 4. The van der Waals surface area contributed by atoms with Crippen LogP contribution in [0.5, 0.6) is 0 Å². The second-order valence-electron chi connectivity index (χ2n) is 7.16. The maximum Gasteiger partial charge on any atom is 0.236 e. The van der Waals surface area contributed by atoms with E-state index in [4.69, 9.17) is 16.3 Å². The van der Waals surface area contributed by atoms with Crippen LogP contribution in [0.15, 0.2) is 42.6 Å². The molecule has 1 aromatic carbocycles. The fourth-order valence-electron chi connectivity index (χ4n) is 3.72. The molecule has 2 aliphatic heterocycles. The molecule has 1 unspecified atom stereocenters. The van der Waals surface area contributed by atoms with Crippen LogP contribution in [0.3, 0.4) is 0 Å². The fourth-order valence-corrected chi connectivity index (χ4v) is 3.91. The van der Waals surface area contributed by atoms with E-state index in [9.17, 15) is 4.79 Å². The van der Waals surface area contributed by atoms with Crippen LogP contribution >= 0.6 is 11.6 Å². The number of morpholine rings is 1. The fraction of sp³-hybridized carbons (Fsp3) is 0.429. The van der Waals surface area contributed by atoms with Crippen LogP contribution in [-0.4, -0.2) is 60.0 Å². The molecule has 0 bridgehead atoms. The van der Waals surface area contributed by atoms with Gasteiger partial charge in [0.2, 0.25) is 5.91 Å². The van der Waals surface area contributed by atoms with Crippen molar-refractivity contribution < 1.29 is 9.53 Å². The summed E-state index contributed by atoms with van der Waals surface area (Å²) in [5.74, 6) is 0.195. The predicted octanol–water partition coefficient (Wildman–Crippen LogP) is 3.40. The molecule has 3 heterocycles. The van der Waals surface area contributed by atoms with E-state index in [2.05, 4.69) is 9.88 Å². The summed E-state index contributed by atoms with van der Waals surface area (Å²) < 4.78 is 5.89. The number of halogens is 1. The lowest BCUT2D eigenvalue weighted by Gasteiger charge is -2.33. The van der Waals surface area contributed by atoms with Gasteiger partial charge in [-0.25, -0.2) is 0 Å². The van der Waals surface area contributed by atoms with E-state index in [1.807, 2.05) is 47.5 Å². The quantitative estimate of drug-likeness (QED) is 0.809. The molecule has 2 aliphatic rings. The first-order valence-electron chi connectivity index (χ1n) is 9.53. The Kier molecular flexibility index (Phi) is 5.72. The molecule has 0 saturated carbocycles. The molecule has 0 spiro atoms. The molecule has 1 aromatic heterocycles. The van der Waals surface area contributed by atoms with Crippen LogP contribution in [-0.2, 0) is 9.53 Å². The Morgan fingerprint density at radius 1 is 1.15 bits per heavy atom. The van der Waals surface area contributed by atoms with E-state index in [1.54, 1.807) is 0 Å². The van der Waals surface area contributed by atoms with Crippen molar-refractivity contribution in [1.82, 2.24) is 14.8 Å². The van der Waals surface area contributed by atoms with Crippen molar-refractivity contribution in [2.45, 2.75) is 18.9 Å². The zero-order valence-corrected chi connectivity index (χ0v) is 16.1. The first-order valence-corrected chi connectivity index (χ1v) is 9.90. The molecule has 1 amide bonds. The topological polar surface area (TPSA) is 45.7 Å². The smallest absolute Gasteiger partial charge is 0.236 e. The maximum absolute atomic E-state index is 12.6. The lowest BCUT2D eigenvalue weighted by Crippen LogP contribution is -2.46. The summed E-state index contributed by atoms with van der Waals surface area (Å²) in [7, 11) is 0. The number of hydrogen-bond donors (Lipinski definition) is 0. The van der Waals surface area contributed by atoms with Gasteiger partial charge >= 0.3 is 0 Å². The third-order valence-corrected chi connectivity index (χ3v) is 5.49. The highest BCUT2D eigenvalue weighted by Crippen LogP contribution is 2.25. The van der Waals surface area contributed by atoms with Gasteiger partial charge in [-0.05, 0) is 49.7 Å². The van der Waals surface area contributed by atoms with Crippen molar-refractivity contribution in [3.05, 3.63) is 53.3 Å². The molecule has 2 saturated heterocycles. The number of nitrogens with zero attached hydrogens (tertiary/aromatic N) is 3. The van der Waals surface area contributed by atoms with Gasteiger partial charge in [0.15, 0.2) is 0 Å². The van der Waals surface area contributed by atoms with Gasteiger partial charge in [-0.2, -0.15) is 0 Å². The lowest BCUT2D eigenvalue weighted by atomic mass is 10.1. The number of pyridine rings is 1. The molecule has 27 heavy (non-hydrogen) atoms. The van der Waals surface area contributed by atoms with Crippen molar-refractivity contribution >= 4 is 17.5 Å². The van der Waals surface area contributed by atoms with E-state index in [-0.39, 0.29) is 12.0 Å². The maximum atomic E-state index is 12.6. The Morgan fingerprint density at radius 3 is 2.74 bits per heavy atom. The Balaban J connectivity index is 1.41. The first-order chi connectivity index (χ1) is 13.2. The molecule has 5 nitrogen and oxygen atoms in total. The summed E-state index contributed by atoms with van der Waals surface area (Å²) in [5, 5.41) is 0.708. The van der Waals surface area contributed by atoms with Gasteiger partial charge < -0.3 is 9.64 Å². The highest BCUT2D eigenvalue weighted by atomic mass is 35.5. The van der Waals surface area contributed by atoms with Crippen molar-refractivity contribution in [2.75, 3.05) is 39.3 Å². The molecule has 6 heteroatoms. The summed E-state index contributed by atoms with van der Waals surface area (Å²) in [6.07, 6.45) is 4.06. The lowest BCUT2D eigenvalue weighted by molar-refractivity contribution is -0.140. The van der Waals surface area contributed by atoms with Gasteiger partial charge in [-0.15, -0.1) is 0 Å². The van der Waals surface area contributed by atoms with Gasteiger partial charge in [0.25, 0.3) is 0 Å². The first kappa shape index (κ1) is 18.4. The summed E-state index contributed by atoms with van der Waals surface area (Å²) >= 11 is 6.07. The number of carbonyl (C=O) groups is 1. The molecular weight excluding hydrogens is 362 g/mol. The van der Waals surface area contributed by atoms with Crippen LogP contribution in [0.2, 0.25) is 5.02 Å². The van der Waals surface area contributed by atoms with E-state index >= 15 is 0 Å². The van der Waals surface area contributed by atoms with Crippen LogP contribution < -0.4 is 0 Å². The molecule has 0 radical (unpaired) electrons. The number of likely N-dealkylation sites (tertiary alicyclic amines) is 1. The molecule has 4 rings (SSSR count). The zero-order chi connectivity index (χ0) is 18.6. The average molecular weight is 386 g/mol. The standard InChI is InChI=1S/C21H24ClN3O2/c22-18-5-3-4-16(12-18)17-6-7-19(23-13-17)20-14-25(10-11-27-20)21(26)15-24-8-1-2-9-24/h3-7,12-13,20H,1-2,8-11,14-15H2. The molecule has 2 fully saturated rings. The normalized spacial score (nSPS) is 20.8. The molecular formula is C21H24ClN3O2. The second kappa shape index (κ2) is 8.38. The van der Waals surface area contributed by atoms with Gasteiger partial charge in [-0.1, -0.05) is 29.8 Å². The minimum atomic E-state index is -0.172. The second-order valence-corrected chi connectivity index (χ2v) is 7.60. The Labute approximate surface area is 164 Å². The van der Waals surface area contributed by atoms with E-state index in [1.165, 1.54) is 12.8 Å². The van der Waals surface area contributed by atoms with Crippen LogP contribution in [0.1, 0.15) is 24.6 Å². The summed E-state index contributed by atoms with van der Waals surface area (Å²) in [4.78, 5) is 21.3. The third kappa shape index (κ3) is 4.49. The number of benzene rings is 1. The van der Waals surface area contributed by atoms with Crippen LogP contribution in [0, 0.1) is 0 Å². The Hall–Kier alpha value is -1.95. The van der Waals surface area contributed by atoms with Crippen molar-refractivity contribution in [3.8, 4) is 11.1 Å². The summed E-state index contributed by atoms with van der Waals surface area (Å²) in [6, 6.07) is 11.7. The van der Waals surface area contributed by atoms with Crippen LogP contribution in [0.4, 0.5) is 0 Å². The Bertz CT molecular complexity index is 790. The molecule has 142 valence electrons. The van der Waals surface area contributed by atoms with E-state index < -0.39 is 0 Å². The van der Waals surface area contributed by atoms with Crippen molar-refractivity contribution in [1.29, 1.82) is 0 Å². The summed E-state index contributed by atoms with van der Waals surface area (Å²) in [6.45, 7) is 4.36. The number of ether oxygens (including phenoxy) is 1. The van der Waals surface area contributed by atoms with Gasteiger partial charge in [0.1, 0.15) is 6.10 Å². The number of rotatable bonds is 4. The highest BCUT2D eigenvalue weighted by Gasteiger charge is 2.27. The molecule has 2 aromatic rings. The molecule has 1 atom stereocenters. The molecule has 0 aliphatic carbocycles. The van der Waals surface area contributed by atoms with Crippen molar-refractivity contribution in [2.24, 2.45) is 0 Å². The third-order valence-electron chi connectivity index (χ3n) is 5.25. The van der Waals surface area contributed by atoms with Gasteiger partial charge in [0, 0.05) is 23.3 Å². The minimum absolute atomic E-state index is 0.172. The average Bonchev–Trinajstić information content (AvgIpc) is 3.21. The number of carbonyl (C=O) groups excluding carboxylic acids is 1. The van der Waals surface area contributed by atoms with Gasteiger partial charge in [-0.3, -0.25) is 14.7 Å².